The molecule has 0 saturated carbocycles. The van der Waals surface area contributed by atoms with Crippen LogP contribution in [0.4, 0.5) is 0 Å². The van der Waals surface area contributed by atoms with Gasteiger partial charge in [0.05, 0.1) is 6.17 Å². The van der Waals surface area contributed by atoms with Crippen LogP contribution in [-0.2, 0) is 13.3 Å². The van der Waals surface area contributed by atoms with Gasteiger partial charge in [-0.05, 0) is 6.42 Å². The molecule has 0 unspecified atom stereocenters. The van der Waals surface area contributed by atoms with Crippen molar-refractivity contribution in [2.45, 2.75) is 18.6 Å². The fraction of sp³-hybridized carbons (Fsp3) is 0.750. The van der Waals surface area contributed by atoms with Gasteiger partial charge in [0.1, 0.15) is 0 Å². The normalized spacial score (nSPS) is 11.0. The summed E-state index contributed by atoms with van der Waals surface area (Å²) in [5.74, 6) is 0. The molecule has 0 saturated heterocycles. The number of rotatable bonds is 6. The molecule has 0 bridgehead atoms. The fourth-order valence-electron chi connectivity index (χ4n) is 0.900. The van der Waals surface area contributed by atoms with Crippen molar-refractivity contribution >= 4 is 8.80 Å². The third-order valence-corrected chi connectivity index (χ3v) is 4.48. The van der Waals surface area contributed by atoms with Crippen LogP contribution in [0.2, 0.25) is 6.04 Å². The van der Waals surface area contributed by atoms with Gasteiger partial charge in [0.15, 0.2) is 0 Å². The van der Waals surface area contributed by atoms with E-state index in [1.165, 1.54) is 0 Å². The summed E-state index contributed by atoms with van der Waals surface area (Å²) in [4.78, 5) is 0. The quantitative estimate of drug-likeness (QED) is 0.384. The minimum Gasteiger partial charge on any atom is -0.377 e. The Bertz CT molecular complexity index is 123. The minimum absolute atomic E-state index is 0.336. The summed E-state index contributed by atoms with van der Waals surface area (Å²) in [6.07, 6.45) is 0.305. The van der Waals surface area contributed by atoms with Crippen LogP contribution in [-0.4, -0.2) is 36.3 Å². The Labute approximate surface area is 87.4 Å². The summed E-state index contributed by atoms with van der Waals surface area (Å²) in [6, 6.07) is 0.647. The first kappa shape index (κ1) is 16.2. The maximum atomic E-state index is 5.40. The molecule has 14 heavy (non-hydrogen) atoms. The highest BCUT2D eigenvalue weighted by atomic mass is 28.4. The molecule has 0 aromatic heterocycles. The molecule has 0 aliphatic carbocycles. The van der Waals surface area contributed by atoms with E-state index in [1.54, 1.807) is 21.3 Å². The fourth-order valence-corrected chi connectivity index (χ4v) is 2.70. The summed E-state index contributed by atoms with van der Waals surface area (Å²) >= 11 is 0. The molecule has 0 aliphatic heterocycles. The van der Waals surface area contributed by atoms with Gasteiger partial charge in [0.2, 0.25) is 0 Å². The molecule has 0 heterocycles. The van der Waals surface area contributed by atoms with Crippen molar-refractivity contribution in [3.8, 4) is 0 Å². The van der Waals surface area contributed by atoms with Crippen molar-refractivity contribution in [1.82, 2.24) is 0 Å². The van der Waals surface area contributed by atoms with Gasteiger partial charge in [-0.1, -0.05) is 0 Å². The number of hydrogen-bond donors (Lipinski definition) is 2. The molecular weight excluding hydrogens is 200 g/mol. The third-order valence-electron chi connectivity index (χ3n) is 1.72. The van der Waals surface area contributed by atoms with Crippen molar-refractivity contribution in [2.75, 3.05) is 21.3 Å². The second kappa shape index (κ2) is 9.32. The van der Waals surface area contributed by atoms with Crippen LogP contribution in [0.15, 0.2) is 13.2 Å². The Morgan fingerprint density at radius 1 is 1.07 bits per heavy atom. The summed E-state index contributed by atoms with van der Waals surface area (Å²) in [7, 11) is 2.27. The van der Waals surface area contributed by atoms with Crippen molar-refractivity contribution in [3.63, 3.8) is 0 Å². The van der Waals surface area contributed by atoms with E-state index < -0.39 is 8.80 Å². The summed E-state index contributed by atoms with van der Waals surface area (Å²) in [5.41, 5.74) is 10.8. The SMILES string of the molecule is C=C.CO[Si](CCC(N)N)(OC)OC. The Morgan fingerprint density at radius 3 is 1.64 bits per heavy atom. The van der Waals surface area contributed by atoms with Crippen molar-refractivity contribution in [1.29, 1.82) is 0 Å². The van der Waals surface area contributed by atoms with Crippen molar-refractivity contribution < 1.29 is 13.3 Å². The second-order valence-corrected chi connectivity index (χ2v) is 5.59. The molecule has 0 fully saturated rings. The predicted molar refractivity (Wildman–Crippen MR) is 59.6 cm³/mol. The average molecular weight is 222 g/mol. The lowest BCUT2D eigenvalue weighted by molar-refractivity contribution is 0.122. The van der Waals surface area contributed by atoms with E-state index in [-0.39, 0.29) is 6.17 Å². The topological polar surface area (TPSA) is 79.7 Å². The Balaban J connectivity index is 0. The Morgan fingerprint density at radius 2 is 1.43 bits per heavy atom. The van der Waals surface area contributed by atoms with E-state index in [0.29, 0.717) is 12.5 Å². The first-order valence-electron chi connectivity index (χ1n) is 4.27. The van der Waals surface area contributed by atoms with Crippen molar-refractivity contribution in [3.05, 3.63) is 13.2 Å². The molecule has 4 N–H and O–H groups in total. The highest BCUT2D eigenvalue weighted by molar-refractivity contribution is 6.60. The van der Waals surface area contributed by atoms with Gasteiger partial charge in [-0.2, -0.15) is 0 Å². The van der Waals surface area contributed by atoms with E-state index in [2.05, 4.69) is 13.2 Å². The van der Waals surface area contributed by atoms with Gasteiger partial charge >= 0.3 is 8.80 Å². The first-order chi connectivity index (χ1) is 6.60. The van der Waals surface area contributed by atoms with Gasteiger partial charge in [-0.3, -0.25) is 0 Å². The summed E-state index contributed by atoms with van der Waals surface area (Å²) in [6.45, 7) is 6.00. The predicted octanol–water partition coefficient (Wildman–Crippen LogP) is 0.300. The van der Waals surface area contributed by atoms with Crippen LogP contribution in [0.3, 0.4) is 0 Å². The maximum Gasteiger partial charge on any atom is 0.500 e. The van der Waals surface area contributed by atoms with Crippen LogP contribution in [0, 0.1) is 0 Å². The van der Waals surface area contributed by atoms with Gasteiger partial charge in [0, 0.05) is 27.4 Å². The largest absolute Gasteiger partial charge is 0.500 e. The maximum absolute atomic E-state index is 5.40. The number of hydrogen-bond acceptors (Lipinski definition) is 5. The first-order valence-corrected chi connectivity index (χ1v) is 6.20. The van der Waals surface area contributed by atoms with Crippen LogP contribution in [0.5, 0.6) is 0 Å². The summed E-state index contributed by atoms with van der Waals surface area (Å²) in [5, 5.41) is 0. The monoisotopic (exact) mass is 222 g/mol. The zero-order chi connectivity index (χ0) is 11.6. The Hall–Kier alpha value is -0.243. The molecule has 0 radical (unpaired) electrons. The molecule has 0 spiro atoms. The van der Waals surface area contributed by atoms with Gasteiger partial charge in [-0.25, -0.2) is 0 Å². The standard InChI is InChI=1S/C6H18N2O3Si.C2H4/c1-9-12(10-2,11-3)5-4-6(7)8;1-2/h6H,4-5,7-8H2,1-3H3;1-2H2. The molecule has 86 valence electrons. The molecule has 0 atom stereocenters. The van der Waals surface area contributed by atoms with E-state index in [9.17, 15) is 0 Å². The third kappa shape index (κ3) is 6.25. The lowest BCUT2D eigenvalue weighted by atomic mass is 10.4. The zero-order valence-corrected chi connectivity index (χ0v) is 10.3. The van der Waals surface area contributed by atoms with E-state index in [1.807, 2.05) is 0 Å². The molecule has 6 heteroatoms. The number of nitrogens with two attached hydrogens (primary N) is 2. The highest BCUT2D eigenvalue weighted by Gasteiger charge is 2.37. The van der Waals surface area contributed by atoms with E-state index in [4.69, 9.17) is 24.7 Å². The van der Waals surface area contributed by atoms with E-state index in [0.717, 1.165) is 0 Å². The molecule has 0 aromatic carbocycles. The molecule has 5 nitrogen and oxygen atoms in total. The van der Waals surface area contributed by atoms with Gasteiger partial charge in [-0.15, -0.1) is 13.2 Å². The van der Waals surface area contributed by atoms with Crippen LogP contribution < -0.4 is 11.5 Å². The second-order valence-electron chi connectivity index (χ2n) is 2.50. The molecule has 0 aromatic rings. The van der Waals surface area contributed by atoms with E-state index >= 15 is 0 Å². The molecule has 0 aliphatic rings. The minimum atomic E-state index is -2.44. The average Bonchev–Trinajstić information content (AvgIpc) is 2.23. The molecule has 0 rings (SSSR count). The van der Waals surface area contributed by atoms with Gasteiger partial charge < -0.3 is 24.7 Å². The Kier molecular flexibility index (Phi) is 10.8. The highest BCUT2D eigenvalue weighted by Crippen LogP contribution is 2.14. The van der Waals surface area contributed by atoms with Crippen LogP contribution in [0.25, 0.3) is 0 Å². The van der Waals surface area contributed by atoms with Crippen LogP contribution in [0.1, 0.15) is 6.42 Å². The van der Waals surface area contributed by atoms with Crippen molar-refractivity contribution in [2.24, 2.45) is 11.5 Å². The lowest BCUT2D eigenvalue weighted by Gasteiger charge is -2.24. The smallest absolute Gasteiger partial charge is 0.377 e. The lowest BCUT2D eigenvalue weighted by Crippen LogP contribution is -2.45. The van der Waals surface area contributed by atoms with Crippen LogP contribution >= 0.6 is 0 Å². The summed E-state index contributed by atoms with van der Waals surface area (Å²) < 4.78 is 15.5. The molecular formula is C8H22N2O3Si. The molecule has 0 amide bonds. The van der Waals surface area contributed by atoms with Gasteiger partial charge in [0.25, 0.3) is 0 Å². The zero-order valence-electron chi connectivity index (χ0n) is 9.29.